The van der Waals surface area contributed by atoms with E-state index in [1.54, 1.807) is 0 Å². The van der Waals surface area contributed by atoms with Crippen LogP contribution < -0.4 is 5.32 Å². The Hall–Kier alpha value is -2.81. The lowest BCUT2D eigenvalue weighted by Crippen LogP contribution is -2.27. The van der Waals surface area contributed by atoms with E-state index in [2.05, 4.69) is 98.2 Å². The number of unbranched alkanes of at least 4 members (excludes halogenated alkanes) is 24. The maximum atomic E-state index is 12.2. The molecule has 0 bridgehead atoms. The highest BCUT2D eigenvalue weighted by Gasteiger charge is 2.23. The van der Waals surface area contributed by atoms with Gasteiger partial charge in [0.25, 0.3) is 0 Å². The second kappa shape index (κ2) is 53.5. The minimum atomic E-state index is -4.44. The fraction of sp³-hybridized carbons (Fsp3) is 0.724. The summed E-state index contributed by atoms with van der Waals surface area (Å²) in [6.45, 7) is 3.40. The Kier molecular flexibility index (Phi) is 51.3. The zero-order valence-electron chi connectivity index (χ0n) is 43.5. The van der Waals surface area contributed by atoms with Crippen LogP contribution >= 0.6 is 7.82 Å². The molecular formula is C58H102NO8P. The molecule has 2 unspecified atom stereocenters. The van der Waals surface area contributed by atoms with Gasteiger partial charge in [0.15, 0.2) is 0 Å². The van der Waals surface area contributed by atoms with Gasteiger partial charge in [-0.15, -0.1) is 0 Å². The molecule has 0 aromatic carbocycles. The molecule has 0 rings (SSSR count). The third kappa shape index (κ3) is 54.1. The van der Waals surface area contributed by atoms with E-state index in [-0.39, 0.29) is 32.1 Å². The van der Waals surface area contributed by atoms with Gasteiger partial charge in [0.1, 0.15) is 12.7 Å². The summed E-state index contributed by atoms with van der Waals surface area (Å²) in [5, 5.41) is 12.8. The van der Waals surface area contributed by atoms with E-state index < -0.39 is 26.5 Å². The number of hydrogen-bond acceptors (Lipinski definition) is 7. The minimum Gasteiger partial charge on any atom is -0.463 e. The molecule has 0 radical (unpaired) electrons. The first kappa shape index (κ1) is 65.2. The molecule has 0 saturated carbocycles. The molecule has 0 heterocycles. The van der Waals surface area contributed by atoms with Crippen molar-refractivity contribution in [3.63, 3.8) is 0 Å². The minimum absolute atomic E-state index is 0.0734. The van der Waals surface area contributed by atoms with Gasteiger partial charge in [0.05, 0.1) is 13.2 Å². The van der Waals surface area contributed by atoms with Crippen molar-refractivity contribution in [3.05, 3.63) is 85.1 Å². The number of carbonyl (C=O) groups is 2. The van der Waals surface area contributed by atoms with Crippen LogP contribution in [0.15, 0.2) is 85.1 Å². The van der Waals surface area contributed by atoms with E-state index in [4.69, 9.17) is 13.8 Å². The molecule has 0 fully saturated rings. The number of nitrogens with one attached hydrogen (secondary N) is 1. The average Bonchev–Trinajstić information content (AvgIpc) is 3.33. The third-order valence-corrected chi connectivity index (χ3v) is 12.6. The fourth-order valence-corrected chi connectivity index (χ4v) is 8.25. The Morgan fingerprint density at radius 2 is 0.838 bits per heavy atom. The normalized spacial score (nSPS) is 13.8. The highest BCUT2D eigenvalue weighted by molar-refractivity contribution is 7.47. The summed E-state index contributed by atoms with van der Waals surface area (Å²) < 4.78 is 27.0. The van der Waals surface area contributed by atoms with E-state index in [1.165, 1.54) is 135 Å². The number of phosphoric acid groups is 1. The van der Waals surface area contributed by atoms with Crippen LogP contribution in [0.5, 0.6) is 0 Å². The first-order valence-electron chi connectivity index (χ1n) is 27.6. The average molecular weight is 972 g/mol. The van der Waals surface area contributed by atoms with Crippen LogP contribution in [0.25, 0.3) is 0 Å². The van der Waals surface area contributed by atoms with Gasteiger partial charge in [-0.05, 0) is 64.2 Å². The number of rotatable bonds is 51. The molecule has 0 saturated heterocycles. The lowest BCUT2D eigenvalue weighted by molar-refractivity contribution is -0.147. The second-order valence-corrected chi connectivity index (χ2v) is 19.6. The second-order valence-electron chi connectivity index (χ2n) is 18.2. The van der Waals surface area contributed by atoms with Crippen molar-refractivity contribution in [2.75, 3.05) is 26.4 Å². The number of amides is 1. The van der Waals surface area contributed by atoms with E-state index in [9.17, 15) is 24.2 Å². The lowest BCUT2D eigenvalue weighted by atomic mass is 10.0. The van der Waals surface area contributed by atoms with Crippen LogP contribution in [-0.4, -0.2) is 54.3 Å². The molecule has 68 heavy (non-hydrogen) atoms. The zero-order chi connectivity index (χ0) is 49.5. The molecule has 392 valence electrons. The Morgan fingerprint density at radius 1 is 0.471 bits per heavy atom. The predicted octanol–water partition coefficient (Wildman–Crippen LogP) is 16.7. The first-order chi connectivity index (χ1) is 33.3. The van der Waals surface area contributed by atoms with Gasteiger partial charge in [0.2, 0.25) is 5.91 Å². The summed E-state index contributed by atoms with van der Waals surface area (Å²) in [5.74, 6) is -0.574. The van der Waals surface area contributed by atoms with E-state index in [0.29, 0.717) is 12.8 Å². The number of esters is 1. The number of aliphatic hydroxyl groups excluding tert-OH is 1. The molecular weight excluding hydrogens is 870 g/mol. The summed E-state index contributed by atoms with van der Waals surface area (Å²) in [6.07, 6.45) is 69.7. The SMILES string of the molecule is CC/C=C\C/C=C\C/C=C\C/C=C\C/C=C\C/C=C\C/C=C\CCCC(=O)OCC(O)COP(=O)(O)OCCNC(=O)CCCCCCCCCCCCCCCCCCCCCCCCCC. The van der Waals surface area contributed by atoms with Gasteiger partial charge in [0, 0.05) is 19.4 Å². The highest BCUT2D eigenvalue weighted by Crippen LogP contribution is 2.42. The van der Waals surface area contributed by atoms with Gasteiger partial charge in [-0.25, -0.2) is 4.57 Å². The molecule has 3 N–H and O–H groups in total. The fourth-order valence-electron chi connectivity index (χ4n) is 7.49. The van der Waals surface area contributed by atoms with E-state index >= 15 is 0 Å². The van der Waals surface area contributed by atoms with Crippen molar-refractivity contribution in [2.45, 2.75) is 245 Å². The quantitative estimate of drug-likeness (QED) is 0.0238. The summed E-state index contributed by atoms with van der Waals surface area (Å²) >= 11 is 0. The van der Waals surface area contributed by atoms with Crippen LogP contribution in [0.2, 0.25) is 0 Å². The van der Waals surface area contributed by atoms with Crippen molar-refractivity contribution in [1.82, 2.24) is 5.32 Å². The number of aliphatic hydroxyl groups is 1. The van der Waals surface area contributed by atoms with E-state index in [0.717, 1.165) is 70.6 Å². The van der Waals surface area contributed by atoms with E-state index in [1.807, 2.05) is 6.08 Å². The van der Waals surface area contributed by atoms with Gasteiger partial charge in [-0.2, -0.15) is 0 Å². The number of ether oxygens (including phenoxy) is 1. The lowest BCUT2D eigenvalue weighted by Gasteiger charge is -2.15. The maximum Gasteiger partial charge on any atom is 0.472 e. The monoisotopic (exact) mass is 972 g/mol. The van der Waals surface area contributed by atoms with Crippen LogP contribution in [0.1, 0.15) is 239 Å². The molecule has 2 atom stereocenters. The molecule has 0 aromatic rings. The van der Waals surface area contributed by atoms with Crippen LogP contribution in [0.3, 0.4) is 0 Å². The number of carbonyl (C=O) groups excluding carboxylic acids is 2. The predicted molar refractivity (Wildman–Crippen MR) is 289 cm³/mol. The van der Waals surface area contributed by atoms with Gasteiger partial charge in [-0.3, -0.25) is 18.6 Å². The van der Waals surface area contributed by atoms with Crippen molar-refractivity contribution >= 4 is 19.7 Å². The number of hydrogen-bond donors (Lipinski definition) is 3. The molecule has 0 aliphatic rings. The molecule has 9 nitrogen and oxygen atoms in total. The topological polar surface area (TPSA) is 131 Å². The summed E-state index contributed by atoms with van der Waals surface area (Å²) in [5.41, 5.74) is 0. The largest absolute Gasteiger partial charge is 0.472 e. The Morgan fingerprint density at radius 3 is 1.24 bits per heavy atom. The van der Waals surface area contributed by atoms with Crippen LogP contribution in [0, 0.1) is 0 Å². The summed E-state index contributed by atoms with van der Waals surface area (Å²) in [4.78, 5) is 34.1. The van der Waals surface area contributed by atoms with Crippen LogP contribution in [0.4, 0.5) is 0 Å². The van der Waals surface area contributed by atoms with Crippen molar-refractivity contribution in [1.29, 1.82) is 0 Å². The number of phosphoric ester groups is 1. The Labute approximate surface area is 417 Å². The molecule has 1 amide bonds. The van der Waals surface area contributed by atoms with Crippen molar-refractivity contribution in [2.24, 2.45) is 0 Å². The summed E-state index contributed by atoms with van der Waals surface area (Å²) in [7, 11) is -4.44. The van der Waals surface area contributed by atoms with Crippen molar-refractivity contribution < 1.29 is 37.9 Å². The molecule has 0 aliphatic carbocycles. The van der Waals surface area contributed by atoms with Crippen LogP contribution in [-0.2, 0) is 27.9 Å². The highest BCUT2D eigenvalue weighted by atomic mass is 31.2. The van der Waals surface area contributed by atoms with Gasteiger partial charge >= 0.3 is 13.8 Å². The Bertz CT molecular complexity index is 1390. The standard InChI is InChI=1S/C58H102NO8P/c1-3-5-7-9-11-13-15-17-19-21-23-25-27-29-30-32-34-36-38-40-42-44-46-48-50-57(61)59-52-53-66-68(63,64)67-55-56(60)54-65-58(62)51-49-47-45-43-41-39-37-35-33-31-28-26-24-22-20-18-16-14-12-10-8-6-4-2/h6,8,12,14,18,20,24,26,31,33,37,39,43,45,56,60H,3-5,7,9-11,13,15-17,19,21-23,25,27-30,32,34-36,38,40-42,44,46-55H2,1-2H3,(H,59,61)(H,63,64)/b8-6-,14-12-,20-18-,26-24-,33-31-,39-37-,45-43-. The molecule has 0 aromatic heterocycles. The smallest absolute Gasteiger partial charge is 0.463 e. The maximum absolute atomic E-state index is 12.2. The first-order valence-corrected chi connectivity index (χ1v) is 29.1. The molecule has 0 spiro atoms. The van der Waals surface area contributed by atoms with Gasteiger partial charge < -0.3 is 20.1 Å². The Balaban J connectivity index is 3.62. The molecule has 0 aliphatic heterocycles. The summed E-state index contributed by atoms with van der Waals surface area (Å²) in [6, 6.07) is 0. The molecule has 10 heteroatoms. The van der Waals surface area contributed by atoms with Gasteiger partial charge in [-0.1, -0.05) is 247 Å². The van der Waals surface area contributed by atoms with Crippen molar-refractivity contribution in [3.8, 4) is 0 Å². The third-order valence-electron chi connectivity index (χ3n) is 11.6. The zero-order valence-corrected chi connectivity index (χ0v) is 44.4. The number of allylic oxidation sites excluding steroid dienone is 14.